The molecule has 0 fully saturated rings. The van der Waals surface area contributed by atoms with E-state index in [0.717, 1.165) is 18.4 Å². The number of benzene rings is 3. The van der Waals surface area contributed by atoms with Gasteiger partial charge in [-0.2, -0.15) is 0 Å². The fraction of sp³-hybridized carbons (Fsp3) is 0.240. The van der Waals surface area contributed by atoms with Crippen LogP contribution in [0, 0.1) is 13.8 Å². The number of nitrogens with one attached hydrogen (secondary N) is 1. The summed E-state index contributed by atoms with van der Waals surface area (Å²) in [5, 5.41) is 2.92. The second kappa shape index (κ2) is 9.79. The van der Waals surface area contributed by atoms with Gasteiger partial charge in [-0.1, -0.05) is 53.6 Å². The van der Waals surface area contributed by atoms with Crippen molar-refractivity contribution >= 4 is 21.6 Å². The average Bonchev–Trinajstić information content (AvgIpc) is 2.77. The van der Waals surface area contributed by atoms with Crippen molar-refractivity contribution in [1.29, 1.82) is 0 Å². The molecule has 0 atom stereocenters. The zero-order chi connectivity index (χ0) is 22.4. The quantitative estimate of drug-likeness (QED) is 0.529. The number of carbonyl (C=O) groups is 1. The first-order valence-corrected chi connectivity index (χ1v) is 11.7. The second-order valence-electron chi connectivity index (χ2n) is 7.68. The third-order valence-electron chi connectivity index (χ3n) is 5.20. The van der Waals surface area contributed by atoms with Crippen LogP contribution >= 0.6 is 0 Å². The van der Waals surface area contributed by atoms with Crippen LogP contribution in [-0.4, -0.2) is 27.9 Å². The number of carbonyl (C=O) groups excluding carboxylic acids is 1. The smallest absolute Gasteiger partial charge is 0.264 e. The molecule has 0 bridgehead atoms. The zero-order valence-electron chi connectivity index (χ0n) is 18.1. The highest BCUT2D eigenvalue weighted by atomic mass is 32.2. The molecule has 0 aliphatic carbocycles. The summed E-state index contributed by atoms with van der Waals surface area (Å²) in [6.07, 6.45) is 1.72. The third kappa shape index (κ3) is 5.73. The Morgan fingerprint density at radius 3 is 2.16 bits per heavy atom. The first-order valence-electron chi connectivity index (χ1n) is 10.3. The number of hydrogen-bond donors (Lipinski definition) is 1. The van der Waals surface area contributed by atoms with Gasteiger partial charge in [0.15, 0.2) is 0 Å². The van der Waals surface area contributed by atoms with Gasteiger partial charge in [0.25, 0.3) is 15.9 Å². The molecule has 0 heterocycles. The largest absolute Gasteiger partial charge is 0.352 e. The van der Waals surface area contributed by atoms with Gasteiger partial charge in [-0.25, -0.2) is 8.42 Å². The van der Waals surface area contributed by atoms with Crippen LogP contribution in [0.2, 0.25) is 0 Å². The normalized spacial score (nSPS) is 11.2. The minimum absolute atomic E-state index is 0.214. The molecule has 3 aromatic carbocycles. The predicted octanol–water partition coefficient (Wildman–Crippen LogP) is 4.49. The summed E-state index contributed by atoms with van der Waals surface area (Å²) in [5.74, 6) is -0.216. The van der Waals surface area contributed by atoms with Crippen molar-refractivity contribution in [3.63, 3.8) is 0 Å². The van der Waals surface area contributed by atoms with E-state index in [0.29, 0.717) is 17.8 Å². The summed E-state index contributed by atoms with van der Waals surface area (Å²) >= 11 is 0. The van der Waals surface area contributed by atoms with Crippen molar-refractivity contribution in [2.75, 3.05) is 17.9 Å². The molecule has 0 radical (unpaired) electrons. The third-order valence-corrected chi connectivity index (χ3v) is 7.00. The van der Waals surface area contributed by atoms with Gasteiger partial charge in [0.2, 0.25) is 0 Å². The molecule has 0 spiro atoms. The van der Waals surface area contributed by atoms with E-state index in [9.17, 15) is 13.2 Å². The molecule has 6 heteroatoms. The van der Waals surface area contributed by atoms with Crippen LogP contribution in [-0.2, 0) is 16.4 Å². The summed E-state index contributed by atoms with van der Waals surface area (Å²) < 4.78 is 27.0. The molecule has 162 valence electrons. The van der Waals surface area contributed by atoms with Crippen LogP contribution < -0.4 is 9.62 Å². The topological polar surface area (TPSA) is 66.5 Å². The minimum Gasteiger partial charge on any atom is -0.352 e. The Balaban J connectivity index is 1.62. The van der Waals surface area contributed by atoms with E-state index in [-0.39, 0.29) is 10.8 Å². The molecule has 3 aromatic rings. The van der Waals surface area contributed by atoms with Crippen molar-refractivity contribution in [2.24, 2.45) is 0 Å². The van der Waals surface area contributed by atoms with Crippen LogP contribution in [0.25, 0.3) is 0 Å². The molecule has 1 amide bonds. The van der Waals surface area contributed by atoms with E-state index >= 15 is 0 Å². The molecular formula is C25H28N2O3S. The Hall–Kier alpha value is -3.12. The fourth-order valence-electron chi connectivity index (χ4n) is 3.20. The van der Waals surface area contributed by atoms with Gasteiger partial charge in [0, 0.05) is 19.2 Å². The van der Waals surface area contributed by atoms with Crippen LogP contribution in [0.1, 0.15) is 33.5 Å². The number of amides is 1. The lowest BCUT2D eigenvalue weighted by Gasteiger charge is -2.20. The molecule has 1 N–H and O–H groups in total. The molecular weight excluding hydrogens is 408 g/mol. The highest BCUT2D eigenvalue weighted by molar-refractivity contribution is 7.92. The zero-order valence-corrected chi connectivity index (χ0v) is 18.9. The van der Waals surface area contributed by atoms with Gasteiger partial charge in [0.05, 0.1) is 10.6 Å². The van der Waals surface area contributed by atoms with Crippen molar-refractivity contribution < 1.29 is 13.2 Å². The van der Waals surface area contributed by atoms with Gasteiger partial charge in [0.1, 0.15) is 0 Å². The maximum atomic E-state index is 12.9. The number of rotatable bonds is 8. The van der Waals surface area contributed by atoms with E-state index in [2.05, 4.69) is 36.5 Å². The number of sulfonamides is 1. The van der Waals surface area contributed by atoms with Crippen molar-refractivity contribution in [3.8, 4) is 0 Å². The Labute approximate surface area is 184 Å². The average molecular weight is 437 g/mol. The number of aryl methyl sites for hydroxylation is 3. The van der Waals surface area contributed by atoms with Crippen LogP contribution in [0.4, 0.5) is 5.69 Å². The first-order chi connectivity index (χ1) is 14.8. The number of hydrogen-bond acceptors (Lipinski definition) is 3. The van der Waals surface area contributed by atoms with Crippen LogP contribution in [0.5, 0.6) is 0 Å². The second-order valence-corrected chi connectivity index (χ2v) is 9.65. The van der Waals surface area contributed by atoms with Crippen molar-refractivity contribution in [1.82, 2.24) is 5.32 Å². The van der Waals surface area contributed by atoms with Gasteiger partial charge in [-0.05, 0) is 62.6 Å². The predicted molar refractivity (Wildman–Crippen MR) is 125 cm³/mol. The summed E-state index contributed by atoms with van der Waals surface area (Å²) in [4.78, 5) is 12.8. The van der Waals surface area contributed by atoms with E-state index in [1.807, 2.05) is 6.92 Å². The van der Waals surface area contributed by atoms with Crippen LogP contribution in [0.3, 0.4) is 0 Å². The van der Waals surface area contributed by atoms with Gasteiger partial charge >= 0.3 is 0 Å². The summed E-state index contributed by atoms with van der Waals surface area (Å²) in [6.45, 7) is 4.51. The minimum atomic E-state index is -3.70. The van der Waals surface area contributed by atoms with Crippen LogP contribution in [0.15, 0.2) is 77.7 Å². The van der Waals surface area contributed by atoms with E-state index in [4.69, 9.17) is 0 Å². The first kappa shape index (κ1) is 22.6. The summed E-state index contributed by atoms with van der Waals surface area (Å²) in [5.41, 5.74) is 4.32. The Kier molecular flexibility index (Phi) is 7.13. The molecule has 0 saturated carbocycles. The van der Waals surface area contributed by atoms with E-state index in [1.165, 1.54) is 22.5 Å². The lowest BCUT2D eigenvalue weighted by Crippen LogP contribution is -2.28. The van der Waals surface area contributed by atoms with Crippen molar-refractivity contribution in [2.45, 2.75) is 31.6 Å². The van der Waals surface area contributed by atoms with E-state index in [1.54, 1.807) is 48.5 Å². The molecule has 5 nitrogen and oxygen atoms in total. The van der Waals surface area contributed by atoms with Gasteiger partial charge in [-0.3, -0.25) is 9.10 Å². The van der Waals surface area contributed by atoms with Crippen molar-refractivity contribution in [3.05, 3.63) is 95.1 Å². The lowest BCUT2D eigenvalue weighted by molar-refractivity contribution is 0.0953. The Bertz CT molecular complexity index is 1140. The van der Waals surface area contributed by atoms with Gasteiger partial charge < -0.3 is 5.32 Å². The Morgan fingerprint density at radius 1 is 0.903 bits per heavy atom. The van der Waals surface area contributed by atoms with Gasteiger partial charge in [-0.15, -0.1) is 0 Å². The maximum Gasteiger partial charge on any atom is 0.264 e. The summed E-state index contributed by atoms with van der Waals surface area (Å²) in [7, 11) is -2.21. The monoisotopic (exact) mass is 436 g/mol. The highest BCUT2D eigenvalue weighted by Crippen LogP contribution is 2.23. The molecule has 0 aliphatic heterocycles. The molecule has 0 aliphatic rings. The number of nitrogens with zero attached hydrogens (tertiary/aromatic N) is 1. The summed E-state index contributed by atoms with van der Waals surface area (Å²) in [6, 6.07) is 21.7. The molecule has 0 saturated heterocycles. The lowest BCUT2D eigenvalue weighted by atomic mass is 10.1. The highest BCUT2D eigenvalue weighted by Gasteiger charge is 2.21. The molecule has 0 unspecified atom stereocenters. The SMILES string of the molecule is Cc1ccc(CCCNC(=O)c2cccc(N(C)S(=O)(=O)c3ccc(C)cc3)c2)cc1. The molecule has 0 aromatic heterocycles. The van der Waals surface area contributed by atoms with E-state index < -0.39 is 10.0 Å². The standard InChI is InChI=1S/C25H28N2O3S/c1-19-9-13-21(14-10-19)6-5-17-26-25(28)22-7-4-8-23(18-22)27(3)31(29,30)24-15-11-20(2)12-16-24/h4,7-16,18H,5-6,17H2,1-3H3,(H,26,28). The Morgan fingerprint density at radius 2 is 1.52 bits per heavy atom. The maximum absolute atomic E-state index is 12.9. The molecule has 31 heavy (non-hydrogen) atoms. The fourth-order valence-corrected chi connectivity index (χ4v) is 4.39. The molecule has 3 rings (SSSR count). The number of anilines is 1.